The van der Waals surface area contributed by atoms with E-state index in [1.54, 1.807) is 0 Å². The van der Waals surface area contributed by atoms with Gasteiger partial charge in [-0.1, -0.05) is 19.1 Å². The van der Waals surface area contributed by atoms with Crippen LogP contribution in [0.5, 0.6) is 0 Å². The zero-order valence-corrected chi connectivity index (χ0v) is 14.1. The average Bonchev–Trinajstić information content (AvgIpc) is 2.56. The molecule has 0 aliphatic heterocycles. The largest absolute Gasteiger partial charge is 0.324 e. The van der Waals surface area contributed by atoms with E-state index in [1.165, 1.54) is 30.4 Å². The maximum atomic E-state index is 12.8. The molecule has 0 fully saturated rings. The van der Waals surface area contributed by atoms with Crippen molar-refractivity contribution in [3.8, 4) is 11.3 Å². The highest BCUT2D eigenvalue weighted by Crippen LogP contribution is 2.27. The van der Waals surface area contributed by atoms with E-state index in [4.69, 9.17) is 5.73 Å². The van der Waals surface area contributed by atoms with Crippen molar-refractivity contribution in [1.29, 1.82) is 0 Å². The first kappa shape index (κ1) is 16.0. The maximum Gasteiger partial charge on any atom is 0.255 e. The van der Waals surface area contributed by atoms with Crippen molar-refractivity contribution in [3.05, 3.63) is 57.4 Å². The molecule has 0 saturated heterocycles. The zero-order chi connectivity index (χ0) is 16.4. The van der Waals surface area contributed by atoms with Gasteiger partial charge in [0.1, 0.15) is 0 Å². The van der Waals surface area contributed by atoms with Gasteiger partial charge in [0, 0.05) is 18.2 Å². The molecule has 0 amide bonds. The number of hydrogen-bond acceptors (Lipinski definition) is 2. The van der Waals surface area contributed by atoms with Crippen molar-refractivity contribution in [2.45, 2.75) is 58.5 Å². The SMILES string of the molecule is CCCn1c(-c2ccc3c(c2)CCCC3)ccc(C(C)N)c1=O. The van der Waals surface area contributed by atoms with Gasteiger partial charge in [-0.15, -0.1) is 0 Å². The molecular weight excluding hydrogens is 284 g/mol. The minimum absolute atomic E-state index is 0.0528. The van der Waals surface area contributed by atoms with Crippen LogP contribution in [0.3, 0.4) is 0 Å². The van der Waals surface area contributed by atoms with Crippen LogP contribution in [0.25, 0.3) is 11.3 Å². The molecule has 2 aromatic rings. The summed E-state index contributed by atoms with van der Waals surface area (Å²) in [5.74, 6) is 0. The Labute approximate surface area is 138 Å². The predicted molar refractivity (Wildman–Crippen MR) is 95.7 cm³/mol. The molecule has 0 saturated carbocycles. The molecule has 2 N–H and O–H groups in total. The summed E-state index contributed by atoms with van der Waals surface area (Å²) in [6.45, 7) is 4.69. The summed E-state index contributed by atoms with van der Waals surface area (Å²) in [5, 5.41) is 0. The van der Waals surface area contributed by atoms with Gasteiger partial charge in [-0.3, -0.25) is 4.79 Å². The van der Waals surface area contributed by atoms with Gasteiger partial charge in [-0.25, -0.2) is 0 Å². The van der Waals surface area contributed by atoms with Crippen LogP contribution in [0, 0.1) is 0 Å². The van der Waals surface area contributed by atoms with Gasteiger partial charge in [0.2, 0.25) is 0 Å². The van der Waals surface area contributed by atoms with Crippen molar-refractivity contribution in [1.82, 2.24) is 4.57 Å². The van der Waals surface area contributed by atoms with Crippen LogP contribution in [0.4, 0.5) is 0 Å². The lowest BCUT2D eigenvalue weighted by Crippen LogP contribution is -2.28. The van der Waals surface area contributed by atoms with Crippen molar-refractivity contribution in [2.75, 3.05) is 0 Å². The standard InChI is InChI=1S/C20H26N2O/c1-3-12-22-19(11-10-18(14(2)21)20(22)23)17-9-8-15-6-4-5-7-16(15)13-17/h8-11,13-14H,3-7,12,21H2,1-2H3. The molecule has 0 bridgehead atoms. The first-order valence-electron chi connectivity index (χ1n) is 8.73. The number of rotatable bonds is 4. The Morgan fingerprint density at radius 1 is 1.13 bits per heavy atom. The van der Waals surface area contributed by atoms with Crippen LogP contribution in [-0.4, -0.2) is 4.57 Å². The molecule has 3 heteroatoms. The molecule has 1 unspecified atom stereocenters. The minimum Gasteiger partial charge on any atom is -0.324 e. The Hall–Kier alpha value is -1.87. The third-order valence-electron chi connectivity index (χ3n) is 4.79. The number of benzene rings is 1. The molecule has 1 atom stereocenters. The molecule has 1 aromatic carbocycles. The lowest BCUT2D eigenvalue weighted by atomic mass is 9.89. The fourth-order valence-electron chi connectivity index (χ4n) is 3.53. The predicted octanol–water partition coefficient (Wildman–Crippen LogP) is 3.82. The topological polar surface area (TPSA) is 48.0 Å². The maximum absolute atomic E-state index is 12.8. The molecular formula is C20H26N2O. The van der Waals surface area contributed by atoms with Crippen molar-refractivity contribution < 1.29 is 0 Å². The molecule has 3 nitrogen and oxygen atoms in total. The van der Waals surface area contributed by atoms with Gasteiger partial charge < -0.3 is 10.3 Å². The quantitative estimate of drug-likeness (QED) is 0.933. The Balaban J connectivity index is 2.12. The average molecular weight is 310 g/mol. The van der Waals surface area contributed by atoms with E-state index in [-0.39, 0.29) is 11.6 Å². The summed E-state index contributed by atoms with van der Waals surface area (Å²) in [4.78, 5) is 12.8. The fraction of sp³-hybridized carbons (Fsp3) is 0.450. The Morgan fingerprint density at radius 3 is 2.57 bits per heavy atom. The third kappa shape index (κ3) is 3.11. The van der Waals surface area contributed by atoms with E-state index < -0.39 is 0 Å². The van der Waals surface area contributed by atoms with E-state index in [0.29, 0.717) is 5.56 Å². The number of fused-ring (bicyclic) bond motifs is 1. The monoisotopic (exact) mass is 310 g/mol. The number of hydrogen-bond donors (Lipinski definition) is 1. The highest BCUT2D eigenvalue weighted by Gasteiger charge is 2.15. The van der Waals surface area contributed by atoms with E-state index in [9.17, 15) is 4.79 Å². The van der Waals surface area contributed by atoms with Gasteiger partial charge in [0.15, 0.2) is 0 Å². The molecule has 1 aromatic heterocycles. The van der Waals surface area contributed by atoms with Crippen LogP contribution in [0.1, 0.15) is 55.8 Å². The van der Waals surface area contributed by atoms with Crippen molar-refractivity contribution in [3.63, 3.8) is 0 Å². The van der Waals surface area contributed by atoms with Gasteiger partial charge >= 0.3 is 0 Å². The number of nitrogens with two attached hydrogens (primary N) is 1. The number of nitrogens with zero attached hydrogens (tertiary/aromatic N) is 1. The molecule has 3 rings (SSSR count). The molecule has 1 heterocycles. The molecule has 122 valence electrons. The molecule has 1 aliphatic rings. The fourth-order valence-corrected chi connectivity index (χ4v) is 3.53. The summed E-state index contributed by atoms with van der Waals surface area (Å²) in [6.07, 6.45) is 5.82. The highest BCUT2D eigenvalue weighted by atomic mass is 16.1. The second-order valence-electron chi connectivity index (χ2n) is 6.61. The summed E-state index contributed by atoms with van der Waals surface area (Å²) in [6, 6.07) is 10.4. The molecule has 0 radical (unpaired) electrons. The van der Waals surface area contributed by atoms with Gasteiger partial charge in [0.05, 0.1) is 5.69 Å². The Morgan fingerprint density at radius 2 is 1.87 bits per heavy atom. The Kier molecular flexibility index (Phi) is 4.67. The second kappa shape index (κ2) is 6.71. The third-order valence-corrected chi connectivity index (χ3v) is 4.79. The van der Waals surface area contributed by atoms with Crippen molar-refractivity contribution in [2.24, 2.45) is 5.73 Å². The van der Waals surface area contributed by atoms with E-state index in [1.807, 2.05) is 17.6 Å². The van der Waals surface area contributed by atoms with Crippen molar-refractivity contribution >= 4 is 0 Å². The summed E-state index contributed by atoms with van der Waals surface area (Å²) in [7, 11) is 0. The highest BCUT2D eigenvalue weighted by molar-refractivity contribution is 5.62. The summed E-state index contributed by atoms with van der Waals surface area (Å²) in [5.41, 5.74) is 11.8. The Bertz CT molecular complexity index is 759. The van der Waals surface area contributed by atoms with E-state index in [0.717, 1.165) is 30.6 Å². The van der Waals surface area contributed by atoms with Crippen LogP contribution >= 0.6 is 0 Å². The van der Waals surface area contributed by atoms with Crippen LogP contribution in [0.2, 0.25) is 0 Å². The second-order valence-corrected chi connectivity index (χ2v) is 6.61. The van der Waals surface area contributed by atoms with Crippen LogP contribution in [-0.2, 0) is 19.4 Å². The van der Waals surface area contributed by atoms with Gasteiger partial charge in [-0.2, -0.15) is 0 Å². The molecule has 1 aliphatic carbocycles. The minimum atomic E-state index is -0.233. The van der Waals surface area contributed by atoms with E-state index in [2.05, 4.69) is 31.2 Å². The first-order chi connectivity index (χ1) is 11.1. The lowest BCUT2D eigenvalue weighted by Gasteiger charge is -2.19. The van der Waals surface area contributed by atoms with Crippen LogP contribution < -0.4 is 11.3 Å². The first-order valence-corrected chi connectivity index (χ1v) is 8.73. The van der Waals surface area contributed by atoms with E-state index >= 15 is 0 Å². The number of pyridine rings is 1. The summed E-state index contributed by atoms with van der Waals surface area (Å²) < 4.78 is 1.89. The van der Waals surface area contributed by atoms with Gasteiger partial charge in [0.25, 0.3) is 5.56 Å². The summed E-state index contributed by atoms with van der Waals surface area (Å²) >= 11 is 0. The number of aryl methyl sites for hydroxylation is 2. The number of aromatic nitrogens is 1. The normalized spacial score (nSPS) is 15.3. The zero-order valence-electron chi connectivity index (χ0n) is 14.1. The lowest BCUT2D eigenvalue weighted by molar-refractivity contribution is 0.643. The van der Waals surface area contributed by atoms with Gasteiger partial charge in [-0.05, 0) is 73.9 Å². The molecule has 23 heavy (non-hydrogen) atoms. The smallest absolute Gasteiger partial charge is 0.255 e. The molecule has 0 spiro atoms. The van der Waals surface area contributed by atoms with Crippen LogP contribution in [0.15, 0.2) is 35.1 Å².